The number of aryl methyl sites for hydroxylation is 1. The first-order valence-corrected chi connectivity index (χ1v) is 12.2. The molecule has 0 saturated carbocycles. The van der Waals surface area contributed by atoms with Crippen LogP contribution in [0.1, 0.15) is 50.7 Å². The minimum atomic E-state index is -3.76. The predicted octanol–water partition coefficient (Wildman–Crippen LogP) is 3.48. The molecule has 2 aliphatic rings. The third kappa shape index (κ3) is 5.10. The van der Waals surface area contributed by atoms with E-state index in [-0.39, 0.29) is 30.2 Å². The summed E-state index contributed by atoms with van der Waals surface area (Å²) < 4.78 is 56.9. The summed E-state index contributed by atoms with van der Waals surface area (Å²) in [4.78, 5) is 12.6. The zero-order valence-electron chi connectivity index (χ0n) is 17.5. The van der Waals surface area contributed by atoms with Gasteiger partial charge in [-0.05, 0) is 55.5 Å². The number of sulfone groups is 1. The lowest BCUT2D eigenvalue weighted by Gasteiger charge is -2.33. The molecule has 3 rings (SSSR count). The van der Waals surface area contributed by atoms with Gasteiger partial charge in [-0.2, -0.15) is 0 Å². The summed E-state index contributed by atoms with van der Waals surface area (Å²) in [6.07, 6.45) is 4.38. The molecule has 0 N–H and O–H groups in total. The predicted molar refractivity (Wildman–Crippen MR) is 110 cm³/mol. The van der Waals surface area contributed by atoms with E-state index in [1.165, 1.54) is 24.3 Å². The Morgan fingerprint density at radius 3 is 2.63 bits per heavy atom. The van der Waals surface area contributed by atoms with E-state index in [9.17, 15) is 17.6 Å². The van der Waals surface area contributed by atoms with Crippen LogP contribution in [0, 0.1) is 5.82 Å². The highest BCUT2D eigenvalue weighted by molar-refractivity contribution is 7.91. The first-order valence-electron chi connectivity index (χ1n) is 10.5. The quantitative estimate of drug-likeness (QED) is 0.576. The minimum Gasteiger partial charge on any atom is -0.463 e. The lowest BCUT2D eigenvalue weighted by molar-refractivity contribution is -0.143. The highest BCUT2D eigenvalue weighted by Crippen LogP contribution is 2.38. The second-order valence-electron chi connectivity index (χ2n) is 7.68. The first-order chi connectivity index (χ1) is 14.3. The lowest BCUT2D eigenvalue weighted by atomic mass is 9.94. The Balaban J connectivity index is 1.92. The highest BCUT2D eigenvalue weighted by atomic mass is 32.2. The van der Waals surface area contributed by atoms with Crippen LogP contribution in [0.5, 0.6) is 0 Å². The van der Waals surface area contributed by atoms with Gasteiger partial charge in [0.1, 0.15) is 5.82 Å². The van der Waals surface area contributed by atoms with Gasteiger partial charge in [0.05, 0.1) is 36.4 Å². The number of ether oxygens (including phenoxy) is 3. The zero-order valence-corrected chi connectivity index (χ0v) is 18.3. The maximum atomic E-state index is 13.7. The molecule has 1 saturated heterocycles. The highest BCUT2D eigenvalue weighted by Gasteiger charge is 2.46. The number of hydrogen-bond acceptors (Lipinski definition) is 6. The lowest BCUT2D eigenvalue weighted by Crippen LogP contribution is -2.41. The standard InChI is InChI=1S/C22H29FO6S/c1-3-5-6-16-13-18(23)8-7-17(16)15-30(25,26)20-9-10-22(28-11-12-29-22)14-19(20)21(24)27-4-2/h7-8,13-14,20H,3-6,9-12,15H2,1-2H3. The average molecular weight is 441 g/mol. The Hall–Kier alpha value is -1.77. The summed E-state index contributed by atoms with van der Waals surface area (Å²) in [5.74, 6) is -2.38. The van der Waals surface area contributed by atoms with Gasteiger partial charge in [-0.1, -0.05) is 19.4 Å². The van der Waals surface area contributed by atoms with Gasteiger partial charge < -0.3 is 14.2 Å². The van der Waals surface area contributed by atoms with Crippen LogP contribution in [0.15, 0.2) is 29.8 Å². The molecular weight excluding hydrogens is 411 g/mol. The summed E-state index contributed by atoms with van der Waals surface area (Å²) in [6, 6.07) is 4.20. The SMILES string of the molecule is CCCCc1cc(F)ccc1CS(=O)(=O)C1CCC2(C=C1C(=O)OCC)OCCO2. The normalized spacial score (nSPS) is 20.9. The van der Waals surface area contributed by atoms with Gasteiger partial charge in [-0.15, -0.1) is 0 Å². The van der Waals surface area contributed by atoms with Crippen molar-refractivity contribution in [2.75, 3.05) is 19.8 Å². The van der Waals surface area contributed by atoms with Gasteiger partial charge in [0.15, 0.2) is 15.6 Å². The van der Waals surface area contributed by atoms with Crippen LogP contribution in [-0.2, 0) is 41.0 Å². The molecule has 1 spiro atoms. The summed E-state index contributed by atoms with van der Waals surface area (Å²) in [6.45, 7) is 4.61. The van der Waals surface area contributed by atoms with E-state index in [1.54, 1.807) is 6.92 Å². The molecule has 0 aromatic heterocycles. The van der Waals surface area contributed by atoms with Crippen LogP contribution in [0.2, 0.25) is 0 Å². The number of hydrogen-bond donors (Lipinski definition) is 0. The molecule has 0 amide bonds. The van der Waals surface area contributed by atoms with Gasteiger partial charge in [0.2, 0.25) is 0 Å². The summed E-state index contributed by atoms with van der Waals surface area (Å²) in [5.41, 5.74) is 1.32. The molecule has 1 aliphatic carbocycles. The van der Waals surface area contributed by atoms with Crippen LogP contribution >= 0.6 is 0 Å². The number of halogens is 1. The van der Waals surface area contributed by atoms with Crippen molar-refractivity contribution in [1.29, 1.82) is 0 Å². The molecule has 0 bridgehead atoms. The number of unbranched alkanes of at least 4 members (excludes halogenated alkanes) is 1. The van der Waals surface area contributed by atoms with E-state index >= 15 is 0 Å². The van der Waals surface area contributed by atoms with Crippen molar-refractivity contribution < 1.29 is 31.8 Å². The van der Waals surface area contributed by atoms with Crippen molar-refractivity contribution in [3.05, 3.63) is 46.8 Å². The molecule has 8 heteroatoms. The Morgan fingerprint density at radius 2 is 1.97 bits per heavy atom. The van der Waals surface area contributed by atoms with E-state index in [0.717, 1.165) is 12.8 Å². The molecule has 0 radical (unpaired) electrons. The van der Waals surface area contributed by atoms with Crippen LogP contribution in [0.25, 0.3) is 0 Å². The zero-order chi connectivity index (χ0) is 21.8. The molecule has 166 valence electrons. The van der Waals surface area contributed by atoms with Crippen LogP contribution in [0.4, 0.5) is 4.39 Å². The third-order valence-corrected chi connectivity index (χ3v) is 7.59. The van der Waals surface area contributed by atoms with Crippen molar-refractivity contribution in [2.45, 2.75) is 62.7 Å². The molecule has 1 heterocycles. The monoisotopic (exact) mass is 440 g/mol. The van der Waals surface area contributed by atoms with Crippen LogP contribution < -0.4 is 0 Å². The Kier molecular flexibility index (Phi) is 7.31. The van der Waals surface area contributed by atoms with Crippen LogP contribution in [0.3, 0.4) is 0 Å². The van der Waals surface area contributed by atoms with Crippen molar-refractivity contribution in [2.24, 2.45) is 0 Å². The smallest absolute Gasteiger partial charge is 0.335 e. The minimum absolute atomic E-state index is 0.0576. The second kappa shape index (κ2) is 9.58. The third-order valence-electron chi connectivity index (χ3n) is 5.52. The van der Waals surface area contributed by atoms with Gasteiger partial charge >= 0.3 is 5.97 Å². The van der Waals surface area contributed by atoms with E-state index in [4.69, 9.17) is 14.2 Å². The summed E-state index contributed by atoms with van der Waals surface area (Å²) in [7, 11) is -3.76. The van der Waals surface area contributed by atoms with E-state index in [0.29, 0.717) is 37.2 Å². The Bertz CT molecular complexity index is 902. The fraction of sp³-hybridized carbons (Fsp3) is 0.591. The molecular formula is C22H29FO6S. The maximum Gasteiger partial charge on any atom is 0.335 e. The van der Waals surface area contributed by atoms with Gasteiger partial charge in [-0.3, -0.25) is 0 Å². The Labute approximate surface area is 177 Å². The van der Waals surface area contributed by atoms with Crippen molar-refractivity contribution in [3.63, 3.8) is 0 Å². The first kappa shape index (κ1) is 22.9. The molecule has 1 aliphatic heterocycles. The number of carbonyl (C=O) groups is 1. The number of rotatable bonds is 8. The largest absolute Gasteiger partial charge is 0.463 e. The Morgan fingerprint density at radius 1 is 1.23 bits per heavy atom. The van der Waals surface area contributed by atoms with Crippen molar-refractivity contribution in [1.82, 2.24) is 0 Å². The molecule has 1 atom stereocenters. The van der Waals surface area contributed by atoms with Crippen molar-refractivity contribution in [3.8, 4) is 0 Å². The van der Waals surface area contributed by atoms with E-state index < -0.39 is 26.8 Å². The number of carbonyl (C=O) groups excluding carboxylic acids is 1. The average Bonchev–Trinajstić information content (AvgIpc) is 3.15. The van der Waals surface area contributed by atoms with Crippen molar-refractivity contribution >= 4 is 15.8 Å². The summed E-state index contributed by atoms with van der Waals surface area (Å²) in [5, 5.41) is -1.01. The maximum absolute atomic E-state index is 13.7. The fourth-order valence-electron chi connectivity index (χ4n) is 4.02. The van der Waals surface area contributed by atoms with E-state index in [1.807, 2.05) is 6.92 Å². The summed E-state index contributed by atoms with van der Waals surface area (Å²) >= 11 is 0. The van der Waals surface area contributed by atoms with E-state index in [2.05, 4.69) is 0 Å². The topological polar surface area (TPSA) is 78.9 Å². The fourth-order valence-corrected chi connectivity index (χ4v) is 5.96. The van der Waals surface area contributed by atoms with Gasteiger partial charge in [0.25, 0.3) is 0 Å². The molecule has 1 aromatic carbocycles. The number of esters is 1. The number of benzene rings is 1. The second-order valence-corrected chi connectivity index (χ2v) is 9.86. The van der Waals surface area contributed by atoms with Gasteiger partial charge in [0, 0.05) is 6.42 Å². The molecule has 30 heavy (non-hydrogen) atoms. The van der Waals surface area contributed by atoms with Gasteiger partial charge in [-0.25, -0.2) is 17.6 Å². The van der Waals surface area contributed by atoms with Crippen LogP contribution in [-0.4, -0.2) is 45.2 Å². The molecule has 1 aromatic rings. The molecule has 1 unspecified atom stereocenters. The molecule has 1 fully saturated rings. The molecule has 6 nitrogen and oxygen atoms in total.